The fraction of sp³-hybridized carbons (Fsp3) is 0.333. The average Bonchev–Trinajstić information content (AvgIpc) is 3.00. The Bertz CT molecular complexity index is 1080. The summed E-state index contributed by atoms with van der Waals surface area (Å²) >= 11 is 0. The molecule has 7 nitrogen and oxygen atoms in total. The molecule has 154 valence electrons. The third-order valence-electron chi connectivity index (χ3n) is 4.87. The Hall–Kier alpha value is -2.87. The molecule has 0 aromatic heterocycles. The standard InChI is InChI=1S/C21H23NO6S/c1-13-9-17-11-16(5-7-19(17)22(13)29(4,25)26)21(24)28-12-18-10-15(14(2)23)6-8-20(18)27-3/h5-8,10-11,13H,9,12H2,1-4H3. The second-order valence-corrected chi connectivity index (χ2v) is 8.97. The molecule has 0 bridgehead atoms. The molecule has 0 fully saturated rings. The van der Waals surface area contributed by atoms with E-state index in [0.29, 0.717) is 34.5 Å². The van der Waals surface area contributed by atoms with Crippen LogP contribution in [0, 0.1) is 0 Å². The molecule has 1 aliphatic rings. The van der Waals surface area contributed by atoms with E-state index < -0.39 is 16.0 Å². The molecule has 0 radical (unpaired) electrons. The Balaban J connectivity index is 1.79. The molecule has 0 spiro atoms. The predicted molar refractivity (Wildman–Crippen MR) is 109 cm³/mol. The topological polar surface area (TPSA) is 90.0 Å². The summed E-state index contributed by atoms with van der Waals surface area (Å²) in [5.74, 6) is -0.105. The number of Topliss-reactive ketones (excluding diaryl/α,β-unsaturated/α-hetero) is 1. The van der Waals surface area contributed by atoms with Crippen LogP contribution in [0.5, 0.6) is 5.75 Å². The highest BCUT2D eigenvalue weighted by molar-refractivity contribution is 7.92. The van der Waals surface area contributed by atoms with Crippen LogP contribution in [0.4, 0.5) is 5.69 Å². The number of ether oxygens (including phenoxy) is 2. The minimum Gasteiger partial charge on any atom is -0.496 e. The van der Waals surface area contributed by atoms with Crippen molar-refractivity contribution in [1.82, 2.24) is 0 Å². The lowest BCUT2D eigenvalue weighted by molar-refractivity contribution is 0.0470. The maximum Gasteiger partial charge on any atom is 0.338 e. The number of esters is 1. The van der Waals surface area contributed by atoms with Gasteiger partial charge in [0, 0.05) is 17.2 Å². The lowest BCUT2D eigenvalue weighted by Gasteiger charge is -2.21. The number of fused-ring (bicyclic) bond motifs is 1. The van der Waals surface area contributed by atoms with Crippen LogP contribution >= 0.6 is 0 Å². The third kappa shape index (κ3) is 4.27. The molecule has 1 unspecified atom stereocenters. The van der Waals surface area contributed by atoms with Gasteiger partial charge in [-0.2, -0.15) is 0 Å². The number of carbonyl (C=O) groups is 2. The number of benzene rings is 2. The highest BCUT2D eigenvalue weighted by Crippen LogP contribution is 2.35. The van der Waals surface area contributed by atoms with E-state index in [9.17, 15) is 18.0 Å². The maximum atomic E-state index is 12.5. The van der Waals surface area contributed by atoms with Gasteiger partial charge < -0.3 is 9.47 Å². The minimum absolute atomic E-state index is 0.0495. The molecule has 8 heteroatoms. The lowest BCUT2D eigenvalue weighted by Crippen LogP contribution is -2.34. The van der Waals surface area contributed by atoms with Gasteiger partial charge >= 0.3 is 5.97 Å². The van der Waals surface area contributed by atoms with Gasteiger partial charge in [0.2, 0.25) is 10.0 Å². The van der Waals surface area contributed by atoms with E-state index in [-0.39, 0.29) is 18.4 Å². The molecule has 0 saturated carbocycles. The van der Waals surface area contributed by atoms with E-state index in [1.54, 1.807) is 36.4 Å². The molecule has 0 N–H and O–H groups in total. The van der Waals surface area contributed by atoms with Gasteiger partial charge in [-0.1, -0.05) is 0 Å². The normalized spacial score (nSPS) is 15.7. The summed E-state index contributed by atoms with van der Waals surface area (Å²) in [7, 11) is -1.88. The van der Waals surface area contributed by atoms with Gasteiger partial charge in [0.1, 0.15) is 12.4 Å². The van der Waals surface area contributed by atoms with Crippen LogP contribution in [0.25, 0.3) is 0 Å². The molecule has 2 aromatic carbocycles. The molecule has 2 aromatic rings. The van der Waals surface area contributed by atoms with Crippen LogP contribution in [0.15, 0.2) is 36.4 Å². The van der Waals surface area contributed by atoms with Crippen LogP contribution in [-0.2, 0) is 27.8 Å². The van der Waals surface area contributed by atoms with Crippen LogP contribution in [0.3, 0.4) is 0 Å². The van der Waals surface area contributed by atoms with E-state index in [0.717, 1.165) is 5.56 Å². The van der Waals surface area contributed by atoms with Gasteiger partial charge in [0.25, 0.3) is 0 Å². The van der Waals surface area contributed by atoms with E-state index in [2.05, 4.69) is 0 Å². The largest absolute Gasteiger partial charge is 0.496 e. The van der Waals surface area contributed by atoms with Gasteiger partial charge in [-0.25, -0.2) is 13.2 Å². The molecular weight excluding hydrogens is 394 g/mol. The summed E-state index contributed by atoms with van der Waals surface area (Å²) in [6, 6.07) is 9.61. The van der Waals surface area contributed by atoms with Gasteiger partial charge in [-0.3, -0.25) is 9.10 Å². The summed E-state index contributed by atoms with van der Waals surface area (Å²) in [6.07, 6.45) is 1.70. The number of rotatable bonds is 6. The number of carbonyl (C=O) groups excluding carboxylic acids is 2. The highest BCUT2D eigenvalue weighted by atomic mass is 32.2. The third-order valence-corrected chi connectivity index (χ3v) is 6.14. The van der Waals surface area contributed by atoms with Crippen LogP contribution in [-0.4, -0.2) is 39.6 Å². The number of anilines is 1. The van der Waals surface area contributed by atoms with Gasteiger partial charge in [-0.15, -0.1) is 0 Å². The monoisotopic (exact) mass is 417 g/mol. The molecule has 0 saturated heterocycles. The Morgan fingerprint density at radius 3 is 2.45 bits per heavy atom. The average molecular weight is 417 g/mol. The van der Waals surface area contributed by atoms with E-state index in [1.165, 1.54) is 24.6 Å². The molecule has 29 heavy (non-hydrogen) atoms. The van der Waals surface area contributed by atoms with Crippen molar-refractivity contribution >= 4 is 27.5 Å². The van der Waals surface area contributed by atoms with Crippen molar-refractivity contribution in [3.63, 3.8) is 0 Å². The van der Waals surface area contributed by atoms with E-state index in [4.69, 9.17) is 9.47 Å². The number of nitrogens with zero attached hydrogens (tertiary/aromatic N) is 1. The lowest BCUT2D eigenvalue weighted by atomic mass is 10.1. The van der Waals surface area contributed by atoms with Crippen molar-refractivity contribution in [1.29, 1.82) is 0 Å². The fourth-order valence-corrected chi connectivity index (χ4v) is 4.84. The Morgan fingerprint density at radius 2 is 1.83 bits per heavy atom. The molecule has 0 amide bonds. The number of sulfonamides is 1. The SMILES string of the molecule is COc1ccc(C(C)=O)cc1COC(=O)c1ccc2c(c1)CC(C)N2S(C)(=O)=O. The quantitative estimate of drug-likeness (QED) is 0.530. The first kappa shape index (κ1) is 20.9. The second kappa shape index (κ2) is 7.87. The molecule has 1 aliphatic heterocycles. The molecule has 3 rings (SSSR count). The molecular formula is C21H23NO6S. The van der Waals surface area contributed by atoms with Gasteiger partial charge in [-0.05, 0) is 62.2 Å². The Labute approximate surface area is 170 Å². The zero-order valence-electron chi connectivity index (χ0n) is 16.8. The molecule has 0 aliphatic carbocycles. The first-order valence-corrected chi connectivity index (χ1v) is 10.9. The fourth-order valence-electron chi connectivity index (χ4n) is 3.57. The van der Waals surface area contributed by atoms with Crippen LogP contribution < -0.4 is 9.04 Å². The number of methoxy groups -OCH3 is 1. The first-order valence-electron chi connectivity index (χ1n) is 9.09. The van der Waals surface area contributed by atoms with Crippen molar-refractivity contribution in [2.75, 3.05) is 17.7 Å². The zero-order chi connectivity index (χ0) is 21.3. The first-order chi connectivity index (χ1) is 13.6. The summed E-state index contributed by atoms with van der Waals surface area (Å²) in [6.45, 7) is 3.24. The Kier molecular flexibility index (Phi) is 5.66. The second-order valence-electron chi connectivity index (χ2n) is 7.11. The van der Waals surface area contributed by atoms with Crippen molar-refractivity contribution in [3.05, 3.63) is 58.7 Å². The number of hydrogen-bond donors (Lipinski definition) is 0. The summed E-state index contributed by atoms with van der Waals surface area (Å²) in [4.78, 5) is 24.1. The number of ketones is 1. The summed E-state index contributed by atoms with van der Waals surface area (Å²) in [5.41, 5.74) is 2.81. The Morgan fingerprint density at radius 1 is 1.14 bits per heavy atom. The summed E-state index contributed by atoms with van der Waals surface area (Å²) in [5, 5.41) is 0. The predicted octanol–water partition coefficient (Wildman–Crippen LogP) is 2.97. The van der Waals surface area contributed by atoms with Crippen molar-refractivity contribution in [2.45, 2.75) is 32.9 Å². The van der Waals surface area contributed by atoms with Crippen LogP contribution in [0.1, 0.15) is 45.7 Å². The van der Waals surface area contributed by atoms with Crippen molar-refractivity contribution in [2.24, 2.45) is 0 Å². The van der Waals surface area contributed by atoms with Crippen LogP contribution in [0.2, 0.25) is 0 Å². The van der Waals surface area contributed by atoms with Crippen molar-refractivity contribution in [3.8, 4) is 5.75 Å². The van der Waals surface area contributed by atoms with E-state index >= 15 is 0 Å². The molecule has 1 heterocycles. The molecule has 1 atom stereocenters. The van der Waals surface area contributed by atoms with Gasteiger partial charge in [0.05, 0.1) is 24.6 Å². The summed E-state index contributed by atoms with van der Waals surface area (Å²) < 4.78 is 36.1. The number of hydrogen-bond acceptors (Lipinski definition) is 6. The maximum absolute atomic E-state index is 12.5. The van der Waals surface area contributed by atoms with Gasteiger partial charge in [0.15, 0.2) is 5.78 Å². The zero-order valence-corrected chi connectivity index (χ0v) is 17.6. The van der Waals surface area contributed by atoms with Crippen molar-refractivity contribution < 1.29 is 27.5 Å². The smallest absolute Gasteiger partial charge is 0.338 e. The highest BCUT2D eigenvalue weighted by Gasteiger charge is 2.32. The minimum atomic E-state index is -3.39. The van der Waals surface area contributed by atoms with E-state index in [1.807, 2.05) is 6.92 Å².